The molecule has 0 aromatic heterocycles. The molecule has 0 bridgehead atoms. The van der Waals surface area contributed by atoms with Crippen molar-refractivity contribution in [2.75, 3.05) is 12.4 Å². The van der Waals surface area contributed by atoms with Crippen molar-refractivity contribution in [2.24, 2.45) is 0 Å². The first-order chi connectivity index (χ1) is 12.1. The molecule has 0 atom stereocenters. The molecule has 1 fully saturated rings. The van der Waals surface area contributed by atoms with E-state index in [4.69, 9.17) is 4.74 Å². The molecule has 2 aromatic carbocycles. The number of nitro benzene ring substituents is 1. The zero-order valence-electron chi connectivity index (χ0n) is 13.8. The van der Waals surface area contributed by atoms with Gasteiger partial charge in [-0.3, -0.25) is 14.9 Å². The number of nitro groups is 1. The van der Waals surface area contributed by atoms with E-state index in [2.05, 4.69) is 10.6 Å². The third-order valence-corrected chi connectivity index (χ3v) is 4.01. The average Bonchev–Trinajstić information content (AvgIpc) is 3.44. The van der Waals surface area contributed by atoms with Crippen LogP contribution in [0.1, 0.15) is 28.8 Å². The van der Waals surface area contributed by atoms with Gasteiger partial charge >= 0.3 is 0 Å². The van der Waals surface area contributed by atoms with Gasteiger partial charge in [-0.25, -0.2) is 0 Å². The van der Waals surface area contributed by atoms with Crippen LogP contribution < -0.4 is 15.4 Å². The van der Waals surface area contributed by atoms with Gasteiger partial charge in [0.1, 0.15) is 11.4 Å². The molecule has 130 valence electrons. The van der Waals surface area contributed by atoms with Crippen LogP contribution in [0.15, 0.2) is 42.5 Å². The highest BCUT2D eigenvalue weighted by molar-refractivity contribution is 5.96. The van der Waals surface area contributed by atoms with Crippen LogP contribution in [-0.2, 0) is 6.54 Å². The van der Waals surface area contributed by atoms with E-state index in [0.717, 1.165) is 24.2 Å². The van der Waals surface area contributed by atoms with Crippen LogP contribution in [0.25, 0.3) is 0 Å². The minimum Gasteiger partial charge on any atom is -0.497 e. The van der Waals surface area contributed by atoms with E-state index in [9.17, 15) is 14.9 Å². The molecule has 25 heavy (non-hydrogen) atoms. The molecule has 2 N–H and O–H groups in total. The number of amides is 1. The number of nitrogens with one attached hydrogen (secondary N) is 2. The van der Waals surface area contributed by atoms with Gasteiger partial charge in [-0.05, 0) is 42.7 Å². The van der Waals surface area contributed by atoms with Crippen molar-refractivity contribution < 1.29 is 14.5 Å². The van der Waals surface area contributed by atoms with Crippen molar-refractivity contribution in [3.05, 3.63) is 63.7 Å². The standard InChI is InChI=1S/C18H19N3O4/c1-25-15-7-2-12(3-8-15)11-19-16-9-4-13(10-17(16)21(23)24)18(22)20-14-5-6-14/h2-4,7-10,14,19H,5-6,11H2,1H3,(H,20,22). The van der Waals surface area contributed by atoms with Gasteiger partial charge in [0.2, 0.25) is 0 Å². The van der Waals surface area contributed by atoms with E-state index in [0.29, 0.717) is 17.8 Å². The summed E-state index contributed by atoms with van der Waals surface area (Å²) in [6.07, 6.45) is 1.94. The molecule has 2 aromatic rings. The smallest absolute Gasteiger partial charge is 0.293 e. The lowest BCUT2D eigenvalue weighted by Gasteiger charge is -2.09. The summed E-state index contributed by atoms with van der Waals surface area (Å²) in [7, 11) is 1.59. The Morgan fingerprint density at radius 1 is 1.24 bits per heavy atom. The second kappa shape index (κ2) is 7.21. The lowest BCUT2D eigenvalue weighted by Crippen LogP contribution is -2.25. The Balaban J connectivity index is 1.72. The predicted molar refractivity (Wildman–Crippen MR) is 93.9 cm³/mol. The third kappa shape index (κ3) is 4.26. The van der Waals surface area contributed by atoms with Crippen LogP contribution in [-0.4, -0.2) is 24.0 Å². The van der Waals surface area contributed by atoms with E-state index in [-0.39, 0.29) is 17.6 Å². The largest absolute Gasteiger partial charge is 0.497 e. The van der Waals surface area contributed by atoms with Crippen LogP contribution in [0.2, 0.25) is 0 Å². The van der Waals surface area contributed by atoms with E-state index >= 15 is 0 Å². The fourth-order valence-corrected chi connectivity index (χ4v) is 2.41. The number of methoxy groups -OCH3 is 1. The maximum absolute atomic E-state index is 12.1. The number of carbonyl (C=O) groups is 1. The summed E-state index contributed by atoms with van der Waals surface area (Å²) in [6.45, 7) is 0.429. The molecule has 0 radical (unpaired) electrons. The van der Waals surface area contributed by atoms with Crippen LogP contribution in [0, 0.1) is 10.1 Å². The second-order valence-electron chi connectivity index (χ2n) is 5.94. The van der Waals surface area contributed by atoms with E-state index in [1.54, 1.807) is 19.2 Å². The van der Waals surface area contributed by atoms with Crippen LogP contribution >= 0.6 is 0 Å². The molecule has 0 spiro atoms. The lowest BCUT2D eigenvalue weighted by molar-refractivity contribution is -0.384. The van der Waals surface area contributed by atoms with Crippen molar-refractivity contribution in [3.63, 3.8) is 0 Å². The predicted octanol–water partition coefficient (Wildman–Crippen LogP) is 3.11. The van der Waals surface area contributed by atoms with Crippen molar-refractivity contribution in [1.29, 1.82) is 0 Å². The van der Waals surface area contributed by atoms with Gasteiger partial charge in [0.05, 0.1) is 12.0 Å². The van der Waals surface area contributed by atoms with Crippen molar-refractivity contribution >= 4 is 17.3 Å². The van der Waals surface area contributed by atoms with Gasteiger partial charge in [-0.1, -0.05) is 12.1 Å². The molecule has 7 heteroatoms. The summed E-state index contributed by atoms with van der Waals surface area (Å²) in [5.74, 6) is 0.480. The number of nitrogens with zero attached hydrogens (tertiary/aromatic N) is 1. The molecule has 1 aliphatic carbocycles. The monoisotopic (exact) mass is 341 g/mol. The number of ether oxygens (including phenoxy) is 1. The fraction of sp³-hybridized carbons (Fsp3) is 0.278. The Hall–Kier alpha value is -3.09. The summed E-state index contributed by atoms with van der Waals surface area (Å²) in [5, 5.41) is 17.2. The summed E-state index contributed by atoms with van der Waals surface area (Å²) in [5.41, 5.74) is 1.53. The first-order valence-electron chi connectivity index (χ1n) is 8.03. The second-order valence-corrected chi connectivity index (χ2v) is 5.94. The van der Waals surface area contributed by atoms with E-state index < -0.39 is 4.92 Å². The number of hydrogen-bond acceptors (Lipinski definition) is 5. The summed E-state index contributed by atoms with van der Waals surface area (Å²) < 4.78 is 5.10. The molecule has 0 saturated heterocycles. The van der Waals surface area contributed by atoms with Crippen molar-refractivity contribution in [2.45, 2.75) is 25.4 Å². The molecule has 1 amide bonds. The molecule has 3 rings (SSSR count). The SMILES string of the molecule is COc1ccc(CNc2ccc(C(=O)NC3CC3)cc2[N+](=O)[O-])cc1. The Labute approximate surface area is 145 Å². The quantitative estimate of drug-likeness (QED) is 0.596. The molecule has 0 heterocycles. The summed E-state index contributed by atoms with van der Waals surface area (Å²) >= 11 is 0. The topological polar surface area (TPSA) is 93.5 Å². The highest BCUT2D eigenvalue weighted by atomic mass is 16.6. The number of benzene rings is 2. The highest BCUT2D eigenvalue weighted by Crippen LogP contribution is 2.27. The maximum atomic E-state index is 12.1. The highest BCUT2D eigenvalue weighted by Gasteiger charge is 2.25. The summed E-state index contributed by atoms with van der Waals surface area (Å²) in [6, 6.07) is 12.1. The first-order valence-corrected chi connectivity index (χ1v) is 8.03. The summed E-state index contributed by atoms with van der Waals surface area (Å²) in [4.78, 5) is 22.9. The molecule has 1 saturated carbocycles. The number of carbonyl (C=O) groups excluding carboxylic acids is 1. The van der Waals surface area contributed by atoms with Crippen molar-refractivity contribution in [1.82, 2.24) is 5.32 Å². The number of rotatable bonds is 7. The van der Waals surface area contributed by atoms with Gasteiger partial charge in [-0.2, -0.15) is 0 Å². The maximum Gasteiger partial charge on any atom is 0.293 e. The van der Waals surface area contributed by atoms with Crippen LogP contribution in [0.4, 0.5) is 11.4 Å². The van der Waals surface area contributed by atoms with Crippen LogP contribution in [0.5, 0.6) is 5.75 Å². The molecule has 1 aliphatic rings. The minimum atomic E-state index is -0.482. The Morgan fingerprint density at radius 3 is 2.56 bits per heavy atom. The molecule has 0 aliphatic heterocycles. The average molecular weight is 341 g/mol. The molecular weight excluding hydrogens is 322 g/mol. The van der Waals surface area contributed by atoms with Crippen molar-refractivity contribution in [3.8, 4) is 5.75 Å². The molecular formula is C18H19N3O4. The fourth-order valence-electron chi connectivity index (χ4n) is 2.41. The minimum absolute atomic E-state index is 0.114. The van der Waals surface area contributed by atoms with E-state index in [1.165, 1.54) is 6.07 Å². The van der Waals surface area contributed by atoms with Gasteiger partial charge in [0.15, 0.2) is 0 Å². The van der Waals surface area contributed by atoms with Gasteiger partial charge in [-0.15, -0.1) is 0 Å². The van der Waals surface area contributed by atoms with Gasteiger partial charge < -0.3 is 15.4 Å². The Bertz CT molecular complexity index is 785. The lowest BCUT2D eigenvalue weighted by atomic mass is 10.1. The number of hydrogen-bond donors (Lipinski definition) is 2. The zero-order chi connectivity index (χ0) is 17.8. The zero-order valence-corrected chi connectivity index (χ0v) is 13.8. The Kier molecular flexibility index (Phi) is 4.83. The normalized spacial score (nSPS) is 13.2. The molecule has 0 unspecified atom stereocenters. The Morgan fingerprint density at radius 2 is 1.96 bits per heavy atom. The third-order valence-electron chi connectivity index (χ3n) is 4.01. The van der Waals surface area contributed by atoms with Gasteiger partial charge in [0.25, 0.3) is 11.6 Å². The van der Waals surface area contributed by atoms with E-state index in [1.807, 2.05) is 24.3 Å². The molecule has 7 nitrogen and oxygen atoms in total. The first kappa shape index (κ1) is 16.8. The van der Waals surface area contributed by atoms with Crippen LogP contribution in [0.3, 0.4) is 0 Å². The van der Waals surface area contributed by atoms with Gasteiger partial charge in [0, 0.05) is 24.2 Å². The number of anilines is 1.